The van der Waals surface area contributed by atoms with Crippen molar-refractivity contribution >= 4 is 41.2 Å². The smallest absolute Gasteiger partial charge is 0.185 e. The topological polar surface area (TPSA) is 50.4 Å². The van der Waals surface area contributed by atoms with E-state index in [0.29, 0.717) is 33.4 Å². The van der Waals surface area contributed by atoms with Crippen molar-refractivity contribution in [1.82, 2.24) is 0 Å². The Bertz CT molecular complexity index is 596. The summed E-state index contributed by atoms with van der Waals surface area (Å²) in [5.41, 5.74) is 0.633. The second kappa shape index (κ2) is 6.48. The molecule has 0 aliphatic heterocycles. The van der Waals surface area contributed by atoms with Crippen LogP contribution in [0.5, 0.6) is 0 Å². The summed E-state index contributed by atoms with van der Waals surface area (Å²) in [5, 5.41) is 9.60. The van der Waals surface area contributed by atoms with E-state index in [9.17, 15) is 4.79 Å². The van der Waals surface area contributed by atoms with Gasteiger partial charge in [0.2, 0.25) is 0 Å². The van der Waals surface area contributed by atoms with E-state index < -0.39 is 0 Å². The summed E-state index contributed by atoms with van der Waals surface area (Å²) in [6.07, 6.45) is 0.629. The minimum Gasteiger partial charge on any atom is -0.453 e. The minimum atomic E-state index is 0.0707. The monoisotopic (exact) mass is 316 g/mol. The van der Waals surface area contributed by atoms with Crippen molar-refractivity contribution in [2.24, 2.45) is 0 Å². The highest BCUT2D eigenvalue weighted by molar-refractivity contribution is 7.99. The lowest BCUT2D eigenvalue weighted by molar-refractivity contribution is 0.110. The van der Waals surface area contributed by atoms with E-state index in [0.717, 1.165) is 4.90 Å². The zero-order valence-electron chi connectivity index (χ0n) is 9.73. The Morgan fingerprint density at radius 1 is 1.21 bits per heavy atom. The van der Waals surface area contributed by atoms with E-state index in [2.05, 4.69) is 0 Å². The van der Waals surface area contributed by atoms with Gasteiger partial charge in [-0.2, -0.15) is 0 Å². The maximum Gasteiger partial charge on any atom is 0.185 e. The Morgan fingerprint density at radius 2 is 2.00 bits per heavy atom. The first-order valence-electron chi connectivity index (χ1n) is 5.44. The van der Waals surface area contributed by atoms with Gasteiger partial charge in [-0.1, -0.05) is 23.2 Å². The number of rotatable bonds is 5. The molecule has 0 radical (unpaired) electrons. The highest BCUT2D eigenvalue weighted by Gasteiger charge is 2.14. The molecule has 19 heavy (non-hydrogen) atoms. The van der Waals surface area contributed by atoms with Crippen LogP contribution in [0.1, 0.15) is 10.6 Å². The van der Waals surface area contributed by atoms with E-state index in [1.165, 1.54) is 11.8 Å². The van der Waals surface area contributed by atoms with Crippen LogP contribution < -0.4 is 0 Å². The average Bonchev–Trinajstić information content (AvgIpc) is 2.89. The lowest BCUT2D eigenvalue weighted by Crippen LogP contribution is -1.87. The first kappa shape index (κ1) is 14.5. The third kappa shape index (κ3) is 3.15. The number of carbonyl (C=O) groups is 1. The maximum absolute atomic E-state index is 10.6. The predicted octanol–water partition coefficient (Wildman–Crippen LogP) is 4.15. The van der Waals surface area contributed by atoms with Gasteiger partial charge in [-0.3, -0.25) is 4.79 Å². The van der Waals surface area contributed by atoms with Gasteiger partial charge in [-0.05, 0) is 24.3 Å². The fraction of sp³-hybridized carbons (Fsp3) is 0.154. The average molecular weight is 317 g/mol. The van der Waals surface area contributed by atoms with Gasteiger partial charge in [0.15, 0.2) is 12.0 Å². The molecule has 1 aromatic heterocycles. The van der Waals surface area contributed by atoms with Crippen molar-refractivity contribution in [2.75, 3.05) is 12.4 Å². The largest absolute Gasteiger partial charge is 0.453 e. The van der Waals surface area contributed by atoms with Gasteiger partial charge in [0.05, 0.1) is 16.7 Å². The van der Waals surface area contributed by atoms with Gasteiger partial charge >= 0.3 is 0 Å². The SMILES string of the molecule is O=Cc1ccc(-c2ccc(SCCO)c(Cl)c2Cl)o1. The number of hydrogen-bond donors (Lipinski definition) is 1. The van der Waals surface area contributed by atoms with E-state index in [1.807, 2.05) is 6.07 Å². The van der Waals surface area contributed by atoms with E-state index in [1.54, 1.807) is 18.2 Å². The van der Waals surface area contributed by atoms with Crippen LogP contribution in [0.2, 0.25) is 10.0 Å². The molecule has 6 heteroatoms. The lowest BCUT2D eigenvalue weighted by atomic mass is 10.2. The molecular formula is C13H10Cl2O3S. The van der Waals surface area contributed by atoms with Crippen LogP contribution in [-0.2, 0) is 0 Å². The van der Waals surface area contributed by atoms with Crippen LogP contribution in [0.4, 0.5) is 0 Å². The number of aldehydes is 1. The number of furan rings is 1. The molecule has 2 rings (SSSR count). The van der Waals surface area contributed by atoms with Crippen LogP contribution in [0.25, 0.3) is 11.3 Å². The van der Waals surface area contributed by atoms with Crippen molar-refractivity contribution < 1.29 is 14.3 Å². The molecule has 2 aromatic rings. The summed E-state index contributed by atoms with van der Waals surface area (Å²) in [6.45, 7) is 0.0707. The summed E-state index contributed by atoms with van der Waals surface area (Å²) in [5.74, 6) is 1.28. The molecule has 100 valence electrons. The summed E-state index contributed by atoms with van der Waals surface area (Å²) in [7, 11) is 0. The Labute approximate surface area is 124 Å². The molecule has 0 saturated carbocycles. The number of halogens is 2. The van der Waals surface area contributed by atoms with E-state index in [-0.39, 0.29) is 12.4 Å². The van der Waals surface area contributed by atoms with Crippen molar-refractivity contribution in [3.63, 3.8) is 0 Å². The maximum atomic E-state index is 10.6. The molecule has 1 heterocycles. The molecule has 0 bridgehead atoms. The third-order valence-electron chi connectivity index (χ3n) is 2.40. The van der Waals surface area contributed by atoms with Crippen molar-refractivity contribution in [2.45, 2.75) is 4.90 Å². The molecule has 1 N–H and O–H groups in total. The molecule has 0 atom stereocenters. The quantitative estimate of drug-likeness (QED) is 0.665. The summed E-state index contributed by atoms with van der Waals surface area (Å²) >= 11 is 13.8. The molecular weight excluding hydrogens is 307 g/mol. The van der Waals surface area contributed by atoms with Gasteiger partial charge in [0, 0.05) is 16.2 Å². The van der Waals surface area contributed by atoms with Crippen LogP contribution in [-0.4, -0.2) is 23.8 Å². The Morgan fingerprint density at radius 3 is 2.63 bits per heavy atom. The van der Waals surface area contributed by atoms with Crippen LogP contribution in [0.15, 0.2) is 33.6 Å². The van der Waals surface area contributed by atoms with Gasteiger partial charge in [-0.25, -0.2) is 0 Å². The fourth-order valence-electron chi connectivity index (χ4n) is 1.55. The highest BCUT2D eigenvalue weighted by Crippen LogP contribution is 2.40. The van der Waals surface area contributed by atoms with E-state index in [4.69, 9.17) is 32.7 Å². The zero-order valence-corrected chi connectivity index (χ0v) is 12.1. The van der Waals surface area contributed by atoms with Crippen LogP contribution >= 0.6 is 35.0 Å². The summed E-state index contributed by atoms with van der Waals surface area (Å²) in [6, 6.07) is 6.83. The van der Waals surface area contributed by atoms with Crippen molar-refractivity contribution in [3.8, 4) is 11.3 Å². The first-order valence-corrected chi connectivity index (χ1v) is 7.18. The molecule has 0 unspecified atom stereocenters. The first-order chi connectivity index (χ1) is 9.17. The zero-order chi connectivity index (χ0) is 13.8. The summed E-state index contributed by atoms with van der Waals surface area (Å²) in [4.78, 5) is 11.4. The van der Waals surface area contributed by atoms with Crippen molar-refractivity contribution in [3.05, 3.63) is 40.1 Å². The van der Waals surface area contributed by atoms with Crippen molar-refractivity contribution in [1.29, 1.82) is 0 Å². The number of carbonyl (C=O) groups excluding carboxylic acids is 1. The Hall–Kier alpha value is -0.940. The molecule has 0 fully saturated rings. The summed E-state index contributed by atoms with van der Waals surface area (Å²) < 4.78 is 5.32. The molecule has 1 aromatic carbocycles. The number of benzene rings is 1. The lowest BCUT2D eigenvalue weighted by Gasteiger charge is -2.08. The highest BCUT2D eigenvalue weighted by atomic mass is 35.5. The molecule has 3 nitrogen and oxygen atoms in total. The number of aliphatic hydroxyl groups excluding tert-OH is 1. The normalized spacial score (nSPS) is 10.7. The number of aliphatic hydroxyl groups is 1. The standard InChI is InChI=1S/C13H10Cl2O3S/c14-12-9(10-3-1-8(7-17)18-10)2-4-11(13(12)15)19-6-5-16/h1-4,7,16H,5-6H2. The second-order valence-electron chi connectivity index (χ2n) is 3.63. The molecule has 0 saturated heterocycles. The third-order valence-corrected chi connectivity index (χ3v) is 4.44. The van der Waals surface area contributed by atoms with E-state index >= 15 is 0 Å². The number of thioether (sulfide) groups is 1. The fourth-order valence-corrected chi connectivity index (χ4v) is 2.90. The molecule has 0 amide bonds. The second-order valence-corrected chi connectivity index (χ2v) is 5.52. The van der Waals surface area contributed by atoms with Gasteiger partial charge in [0.25, 0.3) is 0 Å². The molecule has 0 spiro atoms. The minimum absolute atomic E-state index is 0.0707. The van der Waals surface area contributed by atoms with Gasteiger partial charge < -0.3 is 9.52 Å². The number of hydrogen-bond acceptors (Lipinski definition) is 4. The van der Waals surface area contributed by atoms with Crippen LogP contribution in [0.3, 0.4) is 0 Å². The Kier molecular flexibility index (Phi) is 4.93. The molecule has 0 aliphatic rings. The molecule has 0 aliphatic carbocycles. The Balaban J connectivity index is 2.37. The van der Waals surface area contributed by atoms with Gasteiger partial charge in [0.1, 0.15) is 5.76 Å². The van der Waals surface area contributed by atoms with Crippen LogP contribution in [0, 0.1) is 0 Å². The predicted molar refractivity (Wildman–Crippen MR) is 77.4 cm³/mol. The van der Waals surface area contributed by atoms with Gasteiger partial charge in [-0.15, -0.1) is 11.8 Å².